The fourth-order valence-corrected chi connectivity index (χ4v) is 5.57. The standard InChI is InChI=1S/C9H13N3O3S4/c1-16-8-11-12-9(18-8)17-4-7(13)10-6-2-3-19(14,15)5-6/h6H,2-5H2,1H3,(H,10,13)/t6-/m1/s1. The lowest BCUT2D eigenvalue weighted by molar-refractivity contribution is -0.119. The van der Waals surface area contributed by atoms with Crippen LogP contribution in [0.2, 0.25) is 0 Å². The molecule has 0 spiro atoms. The quantitative estimate of drug-likeness (QED) is 0.788. The Morgan fingerprint density at radius 2 is 2.21 bits per heavy atom. The Bertz CT molecular complexity index is 557. The van der Waals surface area contributed by atoms with Gasteiger partial charge in [-0.3, -0.25) is 4.79 Å². The number of amides is 1. The number of hydrogen-bond donors (Lipinski definition) is 1. The minimum atomic E-state index is -2.95. The summed E-state index contributed by atoms with van der Waals surface area (Å²) in [6, 6.07) is -0.241. The van der Waals surface area contributed by atoms with E-state index >= 15 is 0 Å². The molecule has 1 aliphatic rings. The molecular weight excluding hydrogens is 326 g/mol. The third kappa shape index (κ3) is 4.62. The molecule has 1 aliphatic heterocycles. The topological polar surface area (TPSA) is 89.0 Å². The number of carbonyl (C=O) groups is 1. The first-order valence-electron chi connectivity index (χ1n) is 5.48. The zero-order chi connectivity index (χ0) is 13.9. The van der Waals surface area contributed by atoms with Gasteiger partial charge in [-0.25, -0.2) is 8.42 Å². The predicted octanol–water partition coefficient (Wildman–Crippen LogP) is 0.655. The monoisotopic (exact) mass is 339 g/mol. The molecule has 0 unspecified atom stereocenters. The number of hydrogen-bond acceptors (Lipinski definition) is 8. The average molecular weight is 339 g/mol. The lowest BCUT2D eigenvalue weighted by atomic mass is 10.3. The number of aromatic nitrogens is 2. The van der Waals surface area contributed by atoms with Crippen molar-refractivity contribution in [2.45, 2.75) is 21.1 Å². The number of sulfone groups is 1. The molecule has 0 saturated carbocycles. The van der Waals surface area contributed by atoms with E-state index in [-0.39, 0.29) is 29.2 Å². The van der Waals surface area contributed by atoms with E-state index in [1.807, 2.05) is 6.26 Å². The summed E-state index contributed by atoms with van der Waals surface area (Å²) in [5, 5.41) is 10.6. The van der Waals surface area contributed by atoms with Crippen molar-refractivity contribution in [1.29, 1.82) is 0 Å². The number of carbonyl (C=O) groups excluding carboxylic acids is 1. The Kier molecular flexibility index (Phi) is 5.09. The predicted molar refractivity (Wildman–Crippen MR) is 77.6 cm³/mol. The lowest BCUT2D eigenvalue weighted by Crippen LogP contribution is -2.36. The van der Waals surface area contributed by atoms with Gasteiger partial charge in [0.1, 0.15) is 0 Å². The smallest absolute Gasteiger partial charge is 0.230 e. The molecule has 6 nitrogen and oxygen atoms in total. The molecule has 1 saturated heterocycles. The fourth-order valence-electron chi connectivity index (χ4n) is 1.64. The molecule has 0 radical (unpaired) electrons. The van der Waals surface area contributed by atoms with Crippen LogP contribution >= 0.6 is 34.9 Å². The molecule has 0 bridgehead atoms. The van der Waals surface area contributed by atoms with Crippen molar-refractivity contribution in [2.75, 3.05) is 23.5 Å². The Morgan fingerprint density at radius 1 is 1.47 bits per heavy atom. The van der Waals surface area contributed by atoms with Crippen LogP contribution < -0.4 is 5.32 Å². The first-order valence-corrected chi connectivity index (χ1v) is 10.3. The second-order valence-electron chi connectivity index (χ2n) is 3.99. The minimum Gasteiger partial charge on any atom is -0.352 e. The zero-order valence-corrected chi connectivity index (χ0v) is 13.4. The maximum atomic E-state index is 11.7. The van der Waals surface area contributed by atoms with E-state index in [1.165, 1.54) is 34.9 Å². The van der Waals surface area contributed by atoms with Crippen molar-refractivity contribution in [3.63, 3.8) is 0 Å². The molecule has 106 valence electrons. The molecule has 0 aromatic carbocycles. The van der Waals surface area contributed by atoms with Gasteiger partial charge in [-0.05, 0) is 12.7 Å². The number of thioether (sulfide) groups is 2. The van der Waals surface area contributed by atoms with Crippen LogP contribution in [0, 0.1) is 0 Å². The number of rotatable bonds is 5. The maximum absolute atomic E-state index is 11.7. The van der Waals surface area contributed by atoms with E-state index in [0.29, 0.717) is 6.42 Å². The summed E-state index contributed by atoms with van der Waals surface area (Å²) >= 11 is 4.28. The highest BCUT2D eigenvalue weighted by Gasteiger charge is 2.28. The molecule has 0 aliphatic carbocycles. The van der Waals surface area contributed by atoms with Crippen molar-refractivity contribution in [1.82, 2.24) is 15.5 Å². The van der Waals surface area contributed by atoms with E-state index < -0.39 is 9.84 Å². The molecule has 1 aromatic rings. The number of nitrogens with one attached hydrogen (secondary N) is 1. The number of nitrogens with zero attached hydrogens (tertiary/aromatic N) is 2. The Morgan fingerprint density at radius 3 is 2.79 bits per heavy atom. The Balaban J connectivity index is 1.76. The van der Waals surface area contributed by atoms with Crippen LogP contribution in [0.1, 0.15) is 6.42 Å². The maximum Gasteiger partial charge on any atom is 0.230 e. The Labute approximate surface area is 124 Å². The first kappa shape index (κ1) is 15.1. The fraction of sp³-hybridized carbons (Fsp3) is 0.667. The summed E-state index contributed by atoms with van der Waals surface area (Å²) in [4.78, 5) is 11.7. The van der Waals surface area contributed by atoms with E-state index in [2.05, 4.69) is 15.5 Å². The van der Waals surface area contributed by atoms with Crippen LogP contribution in [0.3, 0.4) is 0 Å². The van der Waals surface area contributed by atoms with Gasteiger partial charge in [-0.2, -0.15) is 0 Å². The van der Waals surface area contributed by atoms with Crippen LogP contribution in [-0.2, 0) is 14.6 Å². The second kappa shape index (κ2) is 6.42. The molecule has 10 heteroatoms. The summed E-state index contributed by atoms with van der Waals surface area (Å²) in [6.45, 7) is 0. The molecular formula is C9H13N3O3S4. The summed E-state index contributed by atoms with van der Waals surface area (Å²) in [6.07, 6.45) is 2.43. The highest BCUT2D eigenvalue weighted by Crippen LogP contribution is 2.27. The van der Waals surface area contributed by atoms with Crippen LogP contribution in [0.15, 0.2) is 8.68 Å². The van der Waals surface area contributed by atoms with Gasteiger partial charge in [0.15, 0.2) is 18.5 Å². The molecule has 1 atom stereocenters. The van der Waals surface area contributed by atoms with Gasteiger partial charge in [0, 0.05) is 6.04 Å². The molecule has 1 amide bonds. The van der Waals surface area contributed by atoms with Gasteiger partial charge >= 0.3 is 0 Å². The minimum absolute atomic E-state index is 0.0544. The SMILES string of the molecule is CSc1nnc(SCC(=O)N[C@@H]2CCS(=O)(=O)C2)s1. The van der Waals surface area contributed by atoms with Gasteiger partial charge in [0.25, 0.3) is 0 Å². The van der Waals surface area contributed by atoms with Gasteiger partial charge in [0.05, 0.1) is 17.3 Å². The lowest BCUT2D eigenvalue weighted by Gasteiger charge is -2.09. The van der Waals surface area contributed by atoms with Crippen LogP contribution in [0.25, 0.3) is 0 Å². The van der Waals surface area contributed by atoms with Crippen LogP contribution in [0.5, 0.6) is 0 Å². The first-order chi connectivity index (χ1) is 8.98. The third-order valence-electron chi connectivity index (χ3n) is 2.49. The molecule has 2 rings (SSSR count). The normalized spacial score (nSPS) is 21.4. The van der Waals surface area contributed by atoms with Gasteiger partial charge in [-0.15, -0.1) is 10.2 Å². The Hall–Kier alpha value is -0.320. The van der Waals surface area contributed by atoms with Gasteiger partial charge in [-0.1, -0.05) is 34.9 Å². The molecule has 19 heavy (non-hydrogen) atoms. The van der Waals surface area contributed by atoms with E-state index in [9.17, 15) is 13.2 Å². The van der Waals surface area contributed by atoms with Crippen molar-refractivity contribution >= 4 is 50.6 Å². The van der Waals surface area contributed by atoms with Crippen LogP contribution in [-0.4, -0.2) is 54.1 Å². The third-order valence-corrected chi connectivity index (χ3v) is 7.29. The summed E-state index contributed by atoms with van der Waals surface area (Å²) < 4.78 is 24.1. The summed E-state index contributed by atoms with van der Waals surface area (Å²) in [7, 11) is -2.95. The van der Waals surface area contributed by atoms with Crippen molar-refractivity contribution in [3.8, 4) is 0 Å². The molecule has 1 fully saturated rings. The highest BCUT2D eigenvalue weighted by atomic mass is 32.2. The average Bonchev–Trinajstić information content (AvgIpc) is 2.93. The summed E-state index contributed by atoms with van der Waals surface area (Å²) in [5.41, 5.74) is 0. The second-order valence-corrected chi connectivity index (χ2v) is 9.48. The molecule has 1 aromatic heterocycles. The van der Waals surface area contributed by atoms with Crippen molar-refractivity contribution in [2.24, 2.45) is 0 Å². The van der Waals surface area contributed by atoms with Gasteiger partial charge < -0.3 is 5.32 Å². The highest BCUT2D eigenvalue weighted by molar-refractivity contribution is 8.03. The van der Waals surface area contributed by atoms with Gasteiger partial charge in [0.2, 0.25) is 5.91 Å². The van der Waals surface area contributed by atoms with E-state index in [0.717, 1.165) is 8.68 Å². The molecule has 1 N–H and O–H groups in total. The summed E-state index contributed by atoms with van der Waals surface area (Å²) in [5.74, 6) is 0.296. The van der Waals surface area contributed by atoms with Crippen molar-refractivity contribution in [3.05, 3.63) is 0 Å². The largest absolute Gasteiger partial charge is 0.352 e. The zero-order valence-electron chi connectivity index (χ0n) is 10.2. The van der Waals surface area contributed by atoms with Crippen LogP contribution in [0.4, 0.5) is 0 Å². The van der Waals surface area contributed by atoms with Crippen molar-refractivity contribution < 1.29 is 13.2 Å². The van der Waals surface area contributed by atoms with E-state index in [1.54, 1.807) is 0 Å². The van der Waals surface area contributed by atoms with E-state index in [4.69, 9.17) is 0 Å². The molecule has 2 heterocycles.